The molecule has 2 aromatic rings. The Bertz CT molecular complexity index is 699. The highest BCUT2D eigenvalue weighted by atomic mass is 35.5. The number of carbonyl (C=O) groups is 1. The van der Waals surface area contributed by atoms with Crippen LogP contribution in [0.15, 0.2) is 36.0 Å². The highest BCUT2D eigenvalue weighted by molar-refractivity contribution is 7.99. The van der Waals surface area contributed by atoms with Crippen molar-refractivity contribution in [3.05, 3.63) is 47.3 Å². The van der Waals surface area contributed by atoms with Crippen molar-refractivity contribution in [2.24, 2.45) is 0 Å². The maximum absolute atomic E-state index is 12.0. The number of aryl methyl sites for hydroxylation is 2. The van der Waals surface area contributed by atoms with E-state index >= 15 is 0 Å². The normalized spacial score (nSPS) is 10.5. The number of aromatic nitrogens is 3. The molecule has 1 N–H and O–H groups in total. The molecule has 1 heterocycles. The highest BCUT2D eigenvalue weighted by Gasteiger charge is 2.11. The maximum Gasteiger partial charge on any atom is 0.234 e. The molecule has 0 saturated heterocycles. The number of thioether (sulfide) groups is 1. The van der Waals surface area contributed by atoms with Crippen LogP contribution in [0.3, 0.4) is 0 Å². The van der Waals surface area contributed by atoms with Gasteiger partial charge in [-0.15, -0.1) is 16.8 Å². The van der Waals surface area contributed by atoms with E-state index in [0.717, 1.165) is 11.4 Å². The van der Waals surface area contributed by atoms with Crippen molar-refractivity contribution in [1.29, 1.82) is 0 Å². The fourth-order valence-electron chi connectivity index (χ4n) is 1.81. The molecule has 5 nitrogen and oxygen atoms in total. The van der Waals surface area contributed by atoms with E-state index in [0.29, 0.717) is 22.4 Å². The molecule has 2 rings (SSSR count). The van der Waals surface area contributed by atoms with Gasteiger partial charge in [0.15, 0.2) is 5.16 Å². The Labute approximate surface area is 138 Å². The number of anilines is 1. The first kappa shape index (κ1) is 16.6. The molecule has 7 heteroatoms. The summed E-state index contributed by atoms with van der Waals surface area (Å²) in [4.78, 5) is 12.0. The van der Waals surface area contributed by atoms with Gasteiger partial charge in [0.25, 0.3) is 0 Å². The van der Waals surface area contributed by atoms with Crippen LogP contribution in [0.1, 0.15) is 11.4 Å². The van der Waals surface area contributed by atoms with E-state index in [-0.39, 0.29) is 11.7 Å². The molecule has 22 heavy (non-hydrogen) atoms. The molecule has 0 aliphatic carbocycles. The second-order valence-electron chi connectivity index (χ2n) is 4.73. The van der Waals surface area contributed by atoms with E-state index in [1.807, 2.05) is 30.5 Å². The molecule has 0 radical (unpaired) electrons. The van der Waals surface area contributed by atoms with E-state index in [9.17, 15) is 4.79 Å². The minimum atomic E-state index is -0.115. The lowest BCUT2D eigenvalue weighted by atomic mass is 10.2. The average molecular weight is 337 g/mol. The lowest BCUT2D eigenvalue weighted by Crippen LogP contribution is -2.14. The standard InChI is InChI=1S/C15H17ClN4OS/c1-4-7-20-11(3)18-19-15(20)22-9-14(21)17-12-6-5-10(2)13(16)8-12/h4-6,8H,1,7,9H2,2-3H3,(H,17,21). The number of halogens is 1. The third kappa shape index (κ3) is 4.11. The van der Waals surface area contributed by atoms with Crippen LogP contribution in [0.25, 0.3) is 0 Å². The molecular formula is C15H17ClN4OS. The van der Waals surface area contributed by atoms with Crippen LogP contribution in [0.4, 0.5) is 5.69 Å². The Morgan fingerprint density at radius 2 is 2.23 bits per heavy atom. The number of hydrogen-bond donors (Lipinski definition) is 1. The predicted molar refractivity (Wildman–Crippen MR) is 90.5 cm³/mol. The molecule has 116 valence electrons. The molecule has 0 aliphatic heterocycles. The molecule has 1 aromatic carbocycles. The summed E-state index contributed by atoms with van der Waals surface area (Å²) in [6.45, 7) is 8.11. The van der Waals surface area contributed by atoms with Crippen LogP contribution in [0, 0.1) is 13.8 Å². The van der Waals surface area contributed by atoms with Gasteiger partial charge < -0.3 is 9.88 Å². The van der Waals surface area contributed by atoms with E-state index in [4.69, 9.17) is 11.6 Å². The zero-order chi connectivity index (χ0) is 16.1. The first-order chi connectivity index (χ1) is 10.5. The van der Waals surface area contributed by atoms with Gasteiger partial charge in [-0.05, 0) is 31.5 Å². The molecule has 0 bridgehead atoms. The van der Waals surface area contributed by atoms with Gasteiger partial charge in [-0.25, -0.2) is 0 Å². The third-order valence-electron chi connectivity index (χ3n) is 3.00. The molecule has 1 amide bonds. The van der Waals surface area contributed by atoms with E-state index < -0.39 is 0 Å². The summed E-state index contributed by atoms with van der Waals surface area (Å²) in [6.07, 6.45) is 1.77. The topological polar surface area (TPSA) is 59.8 Å². The Morgan fingerprint density at radius 1 is 1.45 bits per heavy atom. The SMILES string of the molecule is C=CCn1c(C)nnc1SCC(=O)Nc1ccc(C)c(Cl)c1. The number of hydrogen-bond acceptors (Lipinski definition) is 4. The summed E-state index contributed by atoms with van der Waals surface area (Å²) in [5.41, 5.74) is 1.66. The van der Waals surface area contributed by atoms with Crippen LogP contribution >= 0.6 is 23.4 Å². The van der Waals surface area contributed by atoms with E-state index in [1.165, 1.54) is 11.8 Å². The Balaban J connectivity index is 1.95. The van der Waals surface area contributed by atoms with Crippen molar-refractivity contribution in [1.82, 2.24) is 14.8 Å². The lowest BCUT2D eigenvalue weighted by Gasteiger charge is -2.07. The predicted octanol–water partition coefficient (Wildman–Crippen LogP) is 3.47. The van der Waals surface area contributed by atoms with Crippen molar-refractivity contribution in [2.75, 3.05) is 11.1 Å². The minimum absolute atomic E-state index is 0.115. The van der Waals surface area contributed by atoms with E-state index in [1.54, 1.807) is 12.1 Å². The zero-order valence-corrected chi connectivity index (χ0v) is 14.0. The van der Waals surface area contributed by atoms with Gasteiger partial charge in [0, 0.05) is 17.3 Å². The van der Waals surface area contributed by atoms with Crippen molar-refractivity contribution < 1.29 is 4.79 Å². The van der Waals surface area contributed by atoms with Gasteiger partial charge >= 0.3 is 0 Å². The van der Waals surface area contributed by atoms with Crippen LogP contribution in [0.5, 0.6) is 0 Å². The number of rotatable bonds is 6. The Kier molecular flexibility index (Phi) is 5.63. The largest absolute Gasteiger partial charge is 0.325 e. The van der Waals surface area contributed by atoms with Gasteiger partial charge in [-0.3, -0.25) is 4.79 Å². The minimum Gasteiger partial charge on any atom is -0.325 e. The summed E-state index contributed by atoms with van der Waals surface area (Å²) in [7, 11) is 0. The molecule has 0 saturated carbocycles. The lowest BCUT2D eigenvalue weighted by molar-refractivity contribution is -0.113. The molecule has 1 aromatic heterocycles. The number of carbonyl (C=O) groups excluding carboxylic acids is 1. The fraction of sp³-hybridized carbons (Fsp3) is 0.267. The highest BCUT2D eigenvalue weighted by Crippen LogP contribution is 2.21. The van der Waals surface area contributed by atoms with Gasteiger partial charge in [0.1, 0.15) is 5.82 Å². The molecule has 0 spiro atoms. The number of nitrogens with one attached hydrogen (secondary N) is 1. The molecule has 0 unspecified atom stereocenters. The monoisotopic (exact) mass is 336 g/mol. The summed E-state index contributed by atoms with van der Waals surface area (Å²) in [5.74, 6) is 0.935. The van der Waals surface area contributed by atoms with Crippen molar-refractivity contribution in [3.8, 4) is 0 Å². The summed E-state index contributed by atoms with van der Waals surface area (Å²) in [5, 5.41) is 12.2. The van der Waals surface area contributed by atoms with Gasteiger partial charge in [0.05, 0.1) is 5.75 Å². The smallest absolute Gasteiger partial charge is 0.234 e. The number of amides is 1. The summed E-state index contributed by atoms with van der Waals surface area (Å²) in [6, 6.07) is 5.44. The molecule has 0 fully saturated rings. The Hall–Kier alpha value is -1.79. The van der Waals surface area contributed by atoms with Gasteiger partial charge in [0.2, 0.25) is 5.91 Å². The number of allylic oxidation sites excluding steroid dienone is 1. The van der Waals surface area contributed by atoms with Crippen molar-refractivity contribution >= 4 is 35.0 Å². The Morgan fingerprint density at radius 3 is 2.91 bits per heavy atom. The average Bonchev–Trinajstić information content (AvgIpc) is 2.82. The first-order valence-electron chi connectivity index (χ1n) is 6.70. The quantitative estimate of drug-likeness (QED) is 0.648. The summed E-state index contributed by atoms with van der Waals surface area (Å²) < 4.78 is 1.91. The van der Waals surface area contributed by atoms with Gasteiger partial charge in [-0.1, -0.05) is 35.5 Å². The molecule has 0 atom stereocenters. The zero-order valence-electron chi connectivity index (χ0n) is 12.5. The van der Waals surface area contributed by atoms with Crippen LogP contribution in [-0.4, -0.2) is 26.4 Å². The van der Waals surface area contributed by atoms with Crippen molar-refractivity contribution in [3.63, 3.8) is 0 Å². The summed E-state index contributed by atoms with van der Waals surface area (Å²) >= 11 is 7.38. The number of nitrogens with zero attached hydrogens (tertiary/aromatic N) is 3. The van der Waals surface area contributed by atoms with Crippen molar-refractivity contribution in [2.45, 2.75) is 25.5 Å². The van der Waals surface area contributed by atoms with Crippen LogP contribution in [-0.2, 0) is 11.3 Å². The van der Waals surface area contributed by atoms with Crippen LogP contribution < -0.4 is 5.32 Å². The number of benzene rings is 1. The third-order valence-corrected chi connectivity index (χ3v) is 4.38. The van der Waals surface area contributed by atoms with Gasteiger partial charge in [-0.2, -0.15) is 0 Å². The fourth-order valence-corrected chi connectivity index (χ4v) is 2.78. The second kappa shape index (κ2) is 7.47. The van der Waals surface area contributed by atoms with Crippen LogP contribution in [0.2, 0.25) is 5.02 Å². The molecule has 0 aliphatic rings. The maximum atomic E-state index is 12.0. The molecular weight excluding hydrogens is 320 g/mol. The van der Waals surface area contributed by atoms with E-state index in [2.05, 4.69) is 22.1 Å². The first-order valence-corrected chi connectivity index (χ1v) is 8.07. The second-order valence-corrected chi connectivity index (χ2v) is 6.08.